The molecule has 116 valence electrons. The molecule has 3 rings (SSSR count). The van der Waals surface area contributed by atoms with Gasteiger partial charge in [-0.05, 0) is 51.0 Å². The van der Waals surface area contributed by atoms with Gasteiger partial charge in [0.25, 0.3) is 0 Å². The van der Waals surface area contributed by atoms with Crippen molar-refractivity contribution in [1.82, 2.24) is 5.32 Å². The Bertz CT molecular complexity index is 295. The minimum Gasteiger partial charge on any atom is -0.381 e. The molecule has 3 aliphatic rings. The average Bonchev–Trinajstić information content (AvgIpc) is 2.99. The van der Waals surface area contributed by atoms with Crippen LogP contribution in [0.4, 0.5) is 0 Å². The van der Waals surface area contributed by atoms with Gasteiger partial charge < -0.3 is 14.8 Å². The minimum atomic E-state index is 0.486. The van der Waals surface area contributed by atoms with E-state index in [0.717, 1.165) is 31.8 Å². The van der Waals surface area contributed by atoms with Crippen molar-refractivity contribution in [2.45, 2.75) is 70.4 Å². The summed E-state index contributed by atoms with van der Waals surface area (Å²) in [5.74, 6) is 0.741. The van der Waals surface area contributed by atoms with Gasteiger partial charge in [0, 0.05) is 31.3 Å². The highest BCUT2D eigenvalue weighted by atomic mass is 16.5. The summed E-state index contributed by atoms with van der Waals surface area (Å²) >= 11 is 0. The molecule has 1 heterocycles. The van der Waals surface area contributed by atoms with Gasteiger partial charge in [-0.3, -0.25) is 0 Å². The van der Waals surface area contributed by atoms with Gasteiger partial charge in [-0.15, -0.1) is 0 Å². The van der Waals surface area contributed by atoms with E-state index in [-0.39, 0.29) is 0 Å². The van der Waals surface area contributed by atoms with Crippen molar-refractivity contribution in [2.24, 2.45) is 11.3 Å². The summed E-state index contributed by atoms with van der Waals surface area (Å²) < 4.78 is 11.8. The third kappa shape index (κ3) is 2.90. The van der Waals surface area contributed by atoms with Crippen LogP contribution in [0.15, 0.2) is 0 Å². The summed E-state index contributed by atoms with van der Waals surface area (Å²) in [7, 11) is 0. The Kier molecular flexibility index (Phi) is 5.00. The number of ether oxygens (including phenoxy) is 2. The molecule has 2 atom stereocenters. The zero-order valence-electron chi connectivity index (χ0n) is 13.0. The van der Waals surface area contributed by atoms with Crippen LogP contribution in [0.5, 0.6) is 0 Å². The number of hydrogen-bond acceptors (Lipinski definition) is 3. The van der Waals surface area contributed by atoms with E-state index in [4.69, 9.17) is 9.47 Å². The first-order chi connectivity index (χ1) is 9.85. The van der Waals surface area contributed by atoms with Crippen molar-refractivity contribution in [3.8, 4) is 0 Å². The minimum absolute atomic E-state index is 0.486. The Morgan fingerprint density at radius 2 is 1.95 bits per heavy atom. The van der Waals surface area contributed by atoms with E-state index in [9.17, 15) is 0 Å². The highest BCUT2D eigenvalue weighted by Crippen LogP contribution is 2.54. The number of nitrogens with one attached hydrogen (secondary N) is 1. The number of hydrogen-bond donors (Lipinski definition) is 1. The molecule has 0 aromatic heterocycles. The van der Waals surface area contributed by atoms with Crippen LogP contribution >= 0.6 is 0 Å². The zero-order valence-corrected chi connectivity index (χ0v) is 13.0. The largest absolute Gasteiger partial charge is 0.381 e. The summed E-state index contributed by atoms with van der Waals surface area (Å²) in [4.78, 5) is 0. The van der Waals surface area contributed by atoms with Crippen LogP contribution in [0.1, 0.15) is 58.3 Å². The second-order valence-corrected chi connectivity index (χ2v) is 7.06. The molecule has 0 aromatic rings. The maximum absolute atomic E-state index is 6.37. The van der Waals surface area contributed by atoms with Gasteiger partial charge >= 0.3 is 0 Å². The van der Waals surface area contributed by atoms with Crippen molar-refractivity contribution in [3.05, 3.63) is 0 Å². The molecule has 0 aromatic carbocycles. The zero-order chi connectivity index (χ0) is 13.8. The monoisotopic (exact) mass is 281 g/mol. The van der Waals surface area contributed by atoms with Crippen LogP contribution in [-0.4, -0.2) is 38.5 Å². The van der Waals surface area contributed by atoms with E-state index in [1.165, 1.54) is 57.9 Å². The molecule has 2 aliphatic carbocycles. The fraction of sp³-hybridized carbons (Fsp3) is 1.00. The van der Waals surface area contributed by atoms with Crippen LogP contribution in [0.2, 0.25) is 0 Å². The number of rotatable bonds is 6. The van der Waals surface area contributed by atoms with Gasteiger partial charge in [0.1, 0.15) is 0 Å². The van der Waals surface area contributed by atoms with Crippen LogP contribution in [0.25, 0.3) is 0 Å². The molecule has 2 saturated carbocycles. The van der Waals surface area contributed by atoms with Gasteiger partial charge in [-0.25, -0.2) is 0 Å². The van der Waals surface area contributed by atoms with Crippen molar-refractivity contribution >= 4 is 0 Å². The Morgan fingerprint density at radius 3 is 2.65 bits per heavy atom. The third-order valence-corrected chi connectivity index (χ3v) is 5.83. The molecule has 0 amide bonds. The fourth-order valence-corrected chi connectivity index (χ4v) is 4.46. The molecule has 1 spiro atoms. The lowest BCUT2D eigenvalue weighted by Gasteiger charge is -2.54. The first-order valence-corrected chi connectivity index (χ1v) is 8.78. The van der Waals surface area contributed by atoms with E-state index in [1.54, 1.807) is 0 Å². The Labute approximate surface area is 123 Å². The van der Waals surface area contributed by atoms with Gasteiger partial charge in [-0.1, -0.05) is 19.8 Å². The fourth-order valence-electron chi connectivity index (χ4n) is 4.46. The molecular weight excluding hydrogens is 250 g/mol. The lowest BCUT2D eigenvalue weighted by Crippen LogP contribution is -2.63. The lowest BCUT2D eigenvalue weighted by atomic mass is 9.60. The summed E-state index contributed by atoms with van der Waals surface area (Å²) in [5.41, 5.74) is 0.486. The van der Waals surface area contributed by atoms with Gasteiger partial charge in [-0.2, -0.15) is 0 Å². The van der Waals surface area contributed by atoms with Crippen LogP contribution in [0.3, 0.4) is 0 Å². The van der Waals surface area contributed by atoms with Gasteiger partial charge in [0.2, 0.25) is 0 Å². The summed E-state index contributed by atoms with van der Waals surface area (Å²) in [5, 5.41) is 3.77. The third-order valence-electron chi connectivity index (χ3n) is 5.83. The Morgan fingerprint density at radius 1 is 1.20 bits per heavy atom. The molecular formula is C17H31NO2. The Balaban J connectivity index is 1.49. The highest BCUT2D eigenvalue weighted by molar-refractivity contribution is 5.09. The van der Waals surface area contributed by atoms with Crippen LogP contribution < -0.4 is 5.32 Å². The molecule has 3 nitrogen and oxygen atoms in total. The second-order valence-electron chi connectivity index (χ2n) is 7.06. The van der Waals surface area contributed by atoms with E-state index >= 15 is 0 Å². The Hall–Kier alpha value is -0.120. The van der Waals surface area contributed by atoms with Crippen molar-refractivity contribution in [3.63, 3.8) is 0 Å². The smallest absolute Gasteiger partial charge is 0.0661 e. The first kappa shape index (κ1) is 14.8. The lowest BCUT2D eigenvalue weighted by molar-refractivity contribution is -0.145. The molecule has 0 radical (unpaired) electrons. The molecule has 1 N–H and O–H groups in total. The molecule has 3 heteroatoms. The van der Waals surface area contributed by atoms with Crippen molar-refractivity contribution < 1.29 is 9.47 Å². The maximum Gasteiger partial charge on any atom is 0.0661 e. The molecule has 20 heavy (non-hydrogen) atoms. The topological polar surface area (TPSA) is 30.5 Å². The summed E-state index contributed by atoms with van der Waals surface area (Å²) in [6.45, 7) is 6.26. The second kappa shape index (κ2) is 6.76. The van der Waals surface area contributed by atoms with Gasteiger partial charge in [0.05, 0.1) is 6.10 Å². The summed E-state index contributed by atoms with van der Waals surface area (Å²) in [6, 6.07) is 0.727. The predicted octanol–water partition coefficient (Wildman–Crippen LogP) is 3.13. The van der Waals surface area contributed by atoms with Gasteiger partial charge in [0.15, 0.2) is 0 Å². The highest BCUT2D eigenvalue weighted by Gasteiger charge is 2.56. The van der Waals surface area contributed by atoms with E-state index < -0.39 is 0 Å². The molecule has 1 aliphatic heterocycles. The SMILES string of the molecule is CCCNC1CC(OCC2CCOCC2)C12CCCC2. The maximum atomic E-state index is 6.37. The average molecular weight is 281 g/mol. The summed E-state index contributed by atoms with van der Waals surface area (Å²) in [6.07, 6.45) is 11.0. The van der Waals surface area contributed by atoms with E-state index in [0.29, 0.717) is 11.5 Å². The van der Waals surface area contributed by atoms with Crippen molar-refractivity contribution in [2.75, 3.05) is 26.4 Å². The standard InChI is InChI=1S/C17H31NO2/c1-2-9-18-15-12-16(17(15)7-3-4-8-17)20-13-14-5-10-19-11-6-14/h14-16,18H,2-13H2,1H3. The first-order valence-electron chi connectivity index (χ1n) is 8.78. The normalized spacial score (nSPS) is 33.5. The van der Waals surface area contributed by atoms with Crippen LogP contribution in [0, 0.1) is 11.3 Å². The molecule has 3 fully saturated rings. The predicted molar refractivity (Wildman–Crippen MR) is 80.9 cm³/mol. The van der Waals surface area contributed by atoms with E-state index in [1.807, 2.05) is 0 Å². The molecule has 1 saturated heterocycles. The van der Waals surface area contributed by atoms with Crippen LogP contribution in [-0.2, 0) is 9.47 Å². The molecule has 2 unspecified atom stereocenters. The quantitative estimate of drug-likeness (QED) is 0.811. The molecule has 0 bridgehead atoms. The van der Waals surface area contributed by atoms with Crippen molar-refractivity contribution in [1.29, 1.82) is 0 Å². The van der Waals surface area contributed by atoms with E-state index in [2.05, 4.69) is 12.2 Å².